The van der Waals surface area contributed by atoms with E-state index in [0.717, 1.165) is 4.31 Å². The first kappa shape index (κ1) is 21.7. The van der Waals surface area contributed by atoms with Gasteiger partial charge in [0, 0.05) is 18.0 Å². The summed E-state index contributed by atoms with van der Waals surface area (Å²) in [7, 11) is -4.23. The summed E-state index contributed by atoms with van der Waals surface area (Å²) < 4.78 is 56.8. The van der Waals surface area contributed by atoms with Crippen molar-refractivity contribution in [3.8, 4) is 0 Å². The summed E-state index contributed by atoms with van der Waals surface area (Å²) in [5.41, 5.74) is 0.456. The minimum Gasteiger partial charge on any atom is -0.478 e. The van der Waals surface area contributed by atoms with E-state index >= 15 is 0 Å². The predicted octanol–water partition coefficient (Wildman–Crippen LogP) is 4.81. The third-order valence-electron chi connectivity index (χ3n) is 5.03. The summed E-state index contributed by atoms with van der Waals surface area (Å²) in [4.78, 5) is 10.9. The number of hydrogen-bond donors (Lipinski definition) is 1. The van der Waals surface area contributed by atoms with E-state index in [1.807, 2.05) is 0 Å². The van der Waals surface area contributed by atoms with E-state index < -0.39 is 28.0 Å². The third kappa shape index (κ3) is 4.76. The van der Waals surface area contributed by atoms with Gasteiger partial charge >= 0.3 is 5.97 Å². The second-order valence-electron chi connectivity index (χ2n) is 7.03. The number of halogens is 3. The summed E-state index contributed by atoms with van der Waals surface area (Å²) in [6.07, 6.45) is 0.520. The van der Waals surface area contributed by atoms with Gasteiger partial charge in [0.2, 0.25) is 10.0 Å². The molecule has 0 spiro atoms. The number of rotatable bonds is 6. The van der Waals surface area contributed by atoms with Crippen LogP contribution in [0.25, 0.3) is 0 Å². The van der Waals surface area contributed by atoms with E-state index in [4.69, 9.17) is 16.7 Å². The highest BCUT2D eigenvalue weighted by Crippen LogP contribution is 2.39. The molecular weight excluding hydrogens is 424 g/mol. The van der Waals surface area contributed by atoms with E-state index in [1.54, 1.807) is 0 Å². The Kier molecular flexibility index (Phi) is 6.26. The number of carboxylic acid groups (broad SMARTS) is 1. The van der Waals surface area contributed by atoms with Crippen molar-refractivity contribution in [3.63, 3.8) is 0 Å². The Labute approximate surface area is 173 Å². The maximum atomic E-state index is 14.7. The highest BCUT2D eigenvalue weighted by atomic mass is 35.5. The van der Waals surface area contributed by atoms with Crippen molar-refractivity contribution in [1.29, 1.82) is 0 Å². The number of alkyl halides is 2. The first-order valence-corrected chi connectivity index (χ1v) is 10.9. The summed E-state index contributed by atoms with van der Waals surface area (Å²) in [6.45, 7) is -0.287. The number of aromatic carboxylic acids is 1. The molecule has 0 aliphatic heterocycles. The molecule has 1 saturated carbocycles. The van der Waals surface area contributed by atoms with Gasteiger partial charge in [-0.3, -0.25) is 0 Å². The lowest BCUT2D eigenvalue weighted by Gasteiger charge is -2.38. The van der Waals surface area contributed by atoms with Crippen LogP contribution in [0.3, 0.4) is 0 Å². The highest BCUT2D eigenvalue weighted by molar-refractivity contribution is 7.89. The molecule has 156 valence electrons. The van der Waals surface area contributed by atoms with Gasteiger partial charge in [0.1, 0.15) is 0 Å². The Balaban J connectivity index is 2.01. The highest BCUT2D eigenvalue weighted by Gasteiger charge is 2.48. The number of hydrogen-bond acceptors (Lipinski definition) is 3. The van der Waals surface area contributed by atoms with E-state index in [1.165, 1.54) is 48.5 Å². The summed E-state index contributed by atoms with van der Waals surface area (Å²) in [6, 6.07) is 9.42. The first-order chi connectivity index (χ1) is 13.6. The number of benzene rings is 2. The van der Waals surface area contributed by atoms with Crippen LogP contribution in [0.5, 0.6) is 0 Å². The molecule has 1 aliphatic carbocycles. The van der Waals surface area contributed by atoms with Crippen LogP contribution in [-0.2, 0) is 16.6 Å². The molecule has 9 heteroatoms. The van der Waals surface area contributed by atoms with Gasteiger partial charge in [-0.15, -0.1) is 0 Å². The van der Waals surface area contributed by atoms with E-state index in [0.29, 0.717) is 23.4 Å². The van der Waals surface area contributed by atoms with Gasteiger partial charge in [0.25, 0.3) is 5.92 Å². The van der Waals surface area contributed by atoms with Gasteiger partial charge in [-0.25, -0.2) is 22.0 Å². The van der Waals surface area contributed by atoms with Crippen LogP contribution < -0.4 is 0 Å². The fourth-order valence-corrected chi connectivity index (χ4v) is 5.26. The number of nitrogens with zero attached hydrogens (tertiary/aromatic N) is 1. The molecule has 1 unspecified atom stereocenters. The Bertz CT molecular complexity index is 979. The Morgan fingerprint density at radius 3 is 2.28 bits per heavy atom. The Hall–Kier alpha value is -2.03. The molecule has 5 nitrogen and oxygen atoms in total. The molecule has 0 heterocycles. The number of carboxylic acids is 1. The second-order valence-corrected chi connectivity index (χ2v) is 9.36. The molecular formula is C20H20ClF2NO4S. The molecule has 1 N–H and O–H groups in total. The molecule has 3 rings (SSSR count). The quantitative estimate of drug-likeness (QED) is 0.695. The van der Waals surface area contributed by atoms with Crippen molar-refractivity contribution in [2.75, 3.05) is 0 Å². The van der Waals surface area contributed by atoms with Crippen molar-refractivity contribution >= 4 is 27.6 Å². The molecule has 0 radical (unpaired) electrons. The predicted molar refractivity (Wildman–Crippen MR) is 105 cm³/mol. The molecule has 2 aromatic carbocycles. The maximum Gasteiger partial charge on any atom is 0.335 e. The van der Waals surface area contributed by atoms with Gasteiger partial charge in [-0.1, -0.05) is 30.2 Å². The zero-order chi connectivity index (χ0) is 21.2. The first-order valence-electron chi connectivity index (χ1n) is 9.09. The SMILES string of the molecule is O=C(O)c1ccc(CN(C2CCCCC2(F)F)S(=O)(=O)c2ccc(Cl)cc2)cc1. The molecule has 1 fully saturated rings. The van der Waals surface area contributed by atoms with E-state index in [9.17, 15) is 22.0 Å². The van der Waals surface area contributed by atoms with Gasteiger partial charge in [0.05, 0.1) is 16.5 Å². The molecule has 0 bridgehead atoms. The van der Waals surface area contributed by atoms with Crippen molar-refractivity contribution < 1.29 is 27.1 Å². The average molecular weight is 444 g/mol. The molecule has 0 amide bonds. The maximum absolute atomic E-state index is 14.7. The fourth-order valence-electron chi connectivity index (χ4n) is 3.47. The third-order valence-corrected chi connectivity index (χ3v) is 7.15. The van der Waals surface area contributed by atoms with E-state index in [2.05, 4.69) is 0 Å². The molecule has 1 atom stereocenters. The van der Waals surface area contributed by atoms with Gasteiger partial charge in [0.15, 0.2) is 0 Å². The zero-order valence-corrected chi connectivity index (χ0v) is 17.0. The summed E-state index contributed by atoms with van der Waals surface area (Å²) in [5, 5.41) is 9.35. The molecule has 0 aromatic heterocycles. The van der Waals surface area contributed by atoms with Crippen molar-refractivity contribution in [2.24, 2.45) is 0 Å². The molecule has 0 saturated heterocycles. The minimum absolute atomic E-state index is 0.0313. The zero-order valence-electron chi connectivity index (χ0n) is 15.4. The summed E-state index contributed by atoms with van der Waals surface area (Å²) >= 11 is 5.83. The monoisotopic (exact) mass is 443 g/mol. The van der Waals surface area contributed by atoms with Crippen molar-refractivity contribution in [1.82, 2.24) is 4.31 Å². The molecule has 1 aliphatic rings. The van der Waals surface area contributed by atoms with Crippen LogP contribution in [0, 0.1) is 0 Å². The molecule has 2 aromatic rings. The largest absolute Gasteiger partial charge is 0.478 e. The lowest BCUT2D eigenvalue weighted by atomic mass is 9.91. The smallest absolute Gasteiger partial charge is 0.335 e. The Morgan fingerprint density at radius 1 is 1.10 bits per heavy atom. The summed E-state index contributed by atoms with van der Waals surface area (Å²) in [5.74, 6) is -4.28. The van der Waals surface area contributed by atoms with Gasteiger partial charge in [-0.2, -0.15) is 4.31 Å². The minimum atomic E-state index is -4.23. The lowest BCUT2D eigenvalue weighted by molar-refractivity contribution is -0.0876. The standard InChI is InChI=1S/C20H20ClF2NO4S/c21-16-8-10-17(11-9-16)29(27,28)24(18-3-1-2-12-20(18,22)23)13-14-4-6-15(7-5-14)19(25)26/h4-11,18H,1-3,12-13H2,(H,25,26). The fraction of sp³-hybridized carbons (Fsp3) is 0.350. The van der Waals surface area contributed by atoms with Crippen LogP contribution in [0.15, 0.2) is 53.4 Å². The number of carbonyl (C=O) groups is 1. The van der Waals surface area contributed by atoms with Gasteiger partial charge < -0.3 is 5.11 Å². The van der Waals surface area contributed by atoms with Crippen LogP contribution >= 0.6 is 11.6 Å². The number of sulfonamides is 1. The van der Waals surface area contributed by atoms with Crippen LogP contribution in [0.2, 0.25) is 5.02 Å². The van der Waals surface area contributed by atoms with Crippen LogP contribution in [0.4, 0.5) is 8.78 Å². The van der Waals surface area contributed by atoms with Crippen molar-refractivity contribution in [2.45, 2.75) is 49.1 Å². The Morgan fingerprint density at radius 2 is 1.72 bits per heavy atom. The second kappa shape index (κ2) is 8.38. The van der Waals surface area contributed by atoms with Crippen molar-refractivity contribution in [3.05, 3.63) is 64.7 Å². The normalized spacial score (nSPS) is 19.2. The van der Waals surface area contributed by atoms with E-state index in [-0.39, 0.29) is 29.8 Å². The average Bonchev–Trinajstić information content (AvgIpc) is 2.67. The van der Waals surface area contributed by atoms with Crippen LogP contribution in [-0.4, -0.2) is 35.8 Å². The topological polar surface area (TPSA) is 74.7 Å². The van der Waals surface area contributed by atoms with Gasteiger partial charge in [-0.05, 0) is 54.8 Å². The van der Waals surface area contributed by atoms with Crippen LogP contribution in [0.1, 0.15) is 41.6 Å². The molecule has 29 heavy (non-hydrogen) atoms. The lowest BCUT2D eigenvalue weighted by Crippen LogP contribution is -2.51.